The van der Waals surface area contributed by atoms with Crippen LogP contribution in [-0.4, -0.2) is 0 Å². The van der Waals surface area contributed by atoms with Gasteiger partial charge in [0.1, 0.15) is 0 Å². The fourth-order valence-corrected chi connectivity index (χ4v) is 12.3. The molecule has 0 saturated carbocycles. The first kappa shape index (κ1) is 32.3. The minimum atomic E-state index is 1.25. The normalized spacial score (nSPS) is 12.1. The Morgan fingerprint density at radius 1 is 0.259 bits per heavy atom. The van der Waals surface area contributed by atoms with Gasteiger partial charge < -0.3 is 0 Å². The van der Waals surface area contributed by atoms with E-state index in [9.17, 15) is 0 Å². The van der Waals surface area contributed by atoms with Crippen molar-refractivity contribution in [1.29, 1.82) is 0 Å². The molecule has 0 spiro atoms. The first-order chi connectivity index (χ1) is 28.8. The van der Waals surface area contributed by atoms with Gasteiger partial charge in [-0.2, -0.15) is 0 Å². The SMILES string of the molecule is c1ccc2c(-c3c4ccccc4c(-c4ccc(-c5ccc6sc7c(ccc8ccc9sc%10ccccc%10c9c87)c6c5)c5ccccc45)c4ccccc34)cccc2c1. The third-order valence-corrected chi connectivity index (χ3v) is 14.8. The summed E-state index contributed by atoms with van der Waals surface area (Å²) in [5, 5.41) is 18.3. The molecule has 0 aliphatic carbocycles. The zero-order chi connectivity index (χ0) is 37.9. The lowest BCUT2D eigenvalue weighted by Gasteiger charge is -2.20. The van der Waals surface area contributed by atoms with Gasteiger partial charge in [0, 0.05) is 45.7 Å². The molecule has 0 fully saturated rings. The Hall–Kier alpha value is -6.84. The highest BCUT2D eigenvalue weighted by atomic mass is 32.1. The summed E-state index contributed by atoms with van der Waals surface area (Å²) < 4.78 is 5.41. The van der Waals surface area contributed by atoms with Gasteiger partial charge in [-0.15, -0.1) is 22.7 Å². The Labute approximate surface area is 342 Å². The largest absolute Gasteiger partial charge is 0.135 e. The maximum Gasteiger partial charge on any atom is 0.0440 e. The van der Waals surface area contributed by atoms with E-state index in [1.165, 1.54) is 128 Å². The summed E-state index contributed by atoms with van der Waals surface area (Å²) in [5.74, 6) is 0. The van der Waals surface area contributed by atoms with Gasteiger partial charge in [-0.05, 0) is 106 Å². The van der Waals surface area contributed by atoms with Crippen molar-refractivity contribution in [3.8, 4) is 33.4 Å². The molecule has 0 atom stereocenters. The lowest BCUT2D eigenvalue weighted by molar-refractivity contribution is 1.67. The highest BCUT2D eigenvalue weighted by molar-refractivity contribution is 7.28. The van der Waals surface area contributed by atoms with Crippen molar-refractivity contribution < 1.29 is 0 Å². The van der Waals surface area contributed by atoms with E-state index in [0.717, 1.165) is 0 Å². The van der Waals surface area contributed by atoms with Crippen LogP contribution in [0, 0.1) is 0 Å². The molecule has 268 valence electrons. The molecule has 2 aromatic heterocycles. The number of thiophene rings is 2. The Morgan fingerprint density at radius 3 is 1.53 bits per heavy atom. The molecule has 0 unspecified atom stereocenters. The highest BCUT2D eigenvalue weighted by Crippen LogP contribution is 2.49. The molecule has 0 bridgehead atoms. The third kappa shape index (κ3) is 4.56. The molecule has 13 aromatic rings. The Bertz CT molecular complexity index is 3800. The monoisotopic (exact) mass is 768 g/mol. The standard InChI is InChI=1S/C56H32S2/c1-2-14-36-33(12-1)13-11-22-40(36)53-41-17-5-7-19-43(41)54(44-20-8-6-18-42(44)53)45-29-28-37(38-15-3-4-16-39(38)45)35-26-30-50-48(32-35)46-27-24-34-25-31-51-55(52(34)56(46)58-50)47-21-9-10-23-49(47)57-51/h1-32H. The zero-order valence-corrected chi connectivity index (χ0v) is 32.9. The van der Waals surface area contributed by atoms with E-state index in [2.05, 4.69) is 194 Å². The summed E-state index contributed by atoms with van der Waals surface area (Å²) in [7, 11) is 0. The minimum absolute atomic E-state index is 1.25. The molecule has 0 N–H and O–H groups in total. The van der Waals surface area contributed by atoms with E-state index in [0.29, 0.717) is 0 Å². The number of benzene rings is 11. The minimum Gasteiger partial charge on any atom is -0.135 e. The van der Waals surface area contributed by atoms with Gasteiger partial charge >= 0.3 is 0 Å². The summed E-state index contributed by atoms with van der Waals surface area (Å²) in [6.45, 7) is 0. The molecule has 0 aliphatic rings. The Morgan fingerprint density at radius 2 is 0.793 bits per heavy atom. The molecule has 2 heterocycles. The van der Waals surface area contributed by atoms with Gasteiger partial charge in [0.05, 0.1) is 0 Å². The number of fused-ring (bicyclic) bond motifs is 13. The number of hydrogen-bond donors (Lipinski definition) is 0. The first-order valence-electron chi connectivity index (χ1n) is 19.9. The van der Waals surface area contributed by atoms with Crippen molar-refractivity contribution >= 4 is 117 Å². The molecule has 58 heavy (non-hydrogen) atoms. The molecular weight excluding hydrogens is 737 g/mol. The van der Waals surface area contributed by atoms with Gasteiger partial charge in [0.15, 0.2) is 0 Å². The number of hydrogen-bond acceptors (Lipinski definition) is 2. The van der Waals surface area contributed by atoms with Crippen LogP contribution in [0.15, 0.2) is 194 Å². The van der Waals surface area contributed by atoms with E-state index >= 15 is 0 Å². The Kier molecular flexibility index (Phi) is 6.86. The van der Waals surface area contributed by atoms with E-state index in [1.807, 2.05) is 22.7 Å². The van der Waals surface area contributed by atoms with Crippen molar-refractivity contribution in [2.75, 3.05) is 0 Å². The van der Waals surface area contributed by atoms with Gasteiger partial charge in [-0.1, -0.05) is 170 Å². The molecule has 0 nitrogen and oxygen atoms in total. The molecular formula is C56H32S2. The van der Waals surface area contributed by atoms with Crippen molar-refractivity contribution in [2.45, 2.75) is 0 Å². The lowest BCUT2D eigenvalue weighted by Crippen LogP contribution is -1.93. The van der Waals surface area contributed by atoms with Crippen LogP contribution in [0.1, 0.15) is 0 Å². The first-order valence-corrected chi connectivity index (χ1v) is 21.6. The van der Waals surface area contributed by atoms with Crippen LogP contribution in [-0.2, 0) is 0 Å². The van der Waals surface area contributed by atoms with E-state index in [-0.39, 0.29) is 0 Å². The molecule has 0 aliphatic heterocycles. The molecule has 13 rings (SSSR count). The van der Waals surface area contributed by atoms with E-state index in [1.54, 1.807) is 0 Å². The van der Waals surface area contributed by atoms with Crippen molar-refractivity contribution in [1.82, 2.24) is 0 Å². The quantitative estimate of drug-likeness (QED) is 0.157. The average Bonchev–Trinajstić information content (AvgIpc) is 3.86. The van der Waals surface area contributed by atoms with Crippen LogP contribution in [0.25, 0.3) is 128 Å². The summed E-state index contributed by atoms with van der Waals surface area (Å²) in [4.78, 5) is 0. The average molecular weight is 769 g/mol. The summed E-state index contributed by atoms with van der Waals surface area (Å²) in [5.41, 5.74) is 7.62. The Balaban J connectivity index is 1.04. The summed E-state index contributed by atoms with van der Waals surface area (Å²) in [6, 6.07) is 72.5. The van der Waals surface area contributed by atoms with E-state index < -0.39 is 0 Å². The smallest absolute Gasteiger partial charge is 0.0440 e. The van der Waals surface area contributed by atoms with Crippen LogP contribution >= 0.6 is 22.7 Å². The lowest BCUT2D eigenvalue weighted by atomic mass is 9.83. The maximum absolute atomic E-state index is 2.44. The fraction of sp³-hybridized carbons (Fsp3) is 0. The second kappa shape index (κ2) is 12.3. The maximum atomic E-state index is 2.44. The second-order valence-electron chi connectivity index (χ2n) is 15.5. The van der Waals surface area contributed by atoms with Gasteiger partial charge in [0.2, 0.25) is 0 Å². The molecule has 11 aromatic carbocycles. The van der Waals surface area contributed by atoms with Crippen LogP contribution in [0.3, 0.4) is 0 Å². The van der Waals surface area contributed by atoms with Gasteiger partial charge in [0.25, 0.3) is 0 Å². The predicted molar refractivity (Wildman–Crippen MR) is 256 cm³/mol. The molecule has 2 heteroatoms. The fourth-order valence-electron chi connectivity index (χ4n) is 9.95. The van der Waals surface area contributed by atoms with Crippen molar-refractivity contribution in [2.24, 2.45) is 0 Å². The van der Waals surface area contributed by atoms with Crippen LogP contribution in [0.5, 0.6) is 0 Å². The summed E-state index contributed by atoms with van der Waals surface area (Å²) in [6.07, 6.45) is 0. The van der Waals surface area contributed by atoms with Crippen LogP contribution < -0.4 is 0 Å². The van der Waals surface area contributed by atoms with Gasteiger partial charge in [-0.3, -0.25) is 0 Å². The highest BCUT2D eigenvalue weighted by Gasteiger charge is 2.21. The third-order valence-electron chi connectivity index (χ3n) is 12.5. The number of rotatable bonds is 3. The predicted octanol–water partition coefficient (Wildman–Crippen LogP) is 17.2. The van der Waals surface area contributed by atoms with Crippen LogP contribution in [0.2, 0.25) is 0 Å². The molecule has 0 radical (unpaired) electrons. The zero-order valence-electron chi connectivity index (χ0n) is 31.3. The second-order valence-corrected chi connectivity index (χ2v) is 17.6. The van der Waals surface area contributed by atoms with Crippen LogP contribution in [0.4, 0.5) is 0 Å². The van der Waals surface area contributed by atoms with Gasteiger partial charge in [-0.25, -0.2) is 0 Å². The van der Waals surface area contributed by atoms with E-state index in [4.69, 9.17) is 0 Å². The topological polar surface area (TPSA) is 0 Å². The van der Waals surface area contributed by atoms with Crippen molar-refractivity contribution in [3.05, 3.63) is 194 Å². The summed E-state index contributed by atoms with van der Waals surface area (Å²) >= 11 is 3.83. The van der Waals surface area contributed by atoms with Crippen molar-refractivity contribution in [3.63, 3.8) is 0 Å². The molecule has 0 saturated heterocycles. The molecule has 0 amide bonds.